The molecular weight excluding hydrogens is 379 g/mol. The predicted octanol–water partition coefficient (Wildman–Crippen LogP) is 3.34. The van der Waals surface area contributed by atoms with Crippen LogP contribution in [0.25, 0.3) is 11.1 Å². The first kappa shape index (κ1) is 19.7. The third kappa shape index (κ3) is 3.81. The van der Waals surface area contributed by atoms with E-state index in [2.05, 4.69) is 0 Å². The van der Waals surface area contributed by atoms with Crippen LogP contribution < -0.4 is 5.73 Å². The molecule has 1 atom stereocenters. The summed E-state index contributed by atoms with van der Waals surface area (Å²) in [6.07, 6.45) is 0. The van der Waals surface area contributed by atoms with Gasteiger partial charge in [0.25, 0.3) is 0 Å². The van der Waals surface area contributed by atoms with Gasteiger partial charge in [0.05, 0.1) is 4.90 Å². The van der Waals surface area contributed by atoms with Crippen molar-refractivity contribution in [3.63, 3.8) is 0 Å². The normalized spacial score (nSPS) is 12.7. The molecule has 3 aromatic rings. The highest BCUT2D eigenvalue weighted by atomic mass is 32.2. The number of halogens is 1. The van der Waals surface area contributed by atoms with Gasteiger partial charge in [-0.3, -0.25) is 4.79 Å². The van der Waals surface area contributed by atoms with E-state index in [4.69, 9.17) is 5.73 Å². The highest BCUT2D eigenvalue weighted by Gasteiger charge is 2.34. The summed E-state index contributed by atoms with van der Waals surface area (Å²) in [4.78, 5) is 12.1. The molecular formula is C21H19FN2O3S. The molecule has 0 aromatic heterocycles. The van der Waals surface area contributed by atoms with Crippen LogP contribution in [0, 0.1) is 5.82 Å². The number of sulfonamides is 1. The number of amides is 1. The molecule has 1 amide bonds. The minimum Gasteiger partial charge on any atom is -0.368 e. The highest BCUT2D eigenvalue weighted by molar-refractivity contribution is 7.89. The summed E-state index contributed by atoms with van der Waals surface area (Å²) >= 11 is 0. The Morgan fingerprint density at radius 3 is 2.25 bits per heavy atom. The van der Waals surface area contributed by atoms with Crippen molar-refractivity contribution in [2.75, 3.05) is 7.05 Å². The molecule has 28 heavy (non-hydrogen) atoms. The van der Waals surface area contributed by atoms with Gasteiger partial charge in [0.2, 0.25) is 15.9 Å². The molecule has 0 spiro atoms. The summed E-state index contributed by atoms with van der Waals surface area (Å²) in [6.45, 7) is 0. The fraction of sp³-hybridized carbons (Fsp3) is 0.0952. The van der Waals surface area contributed by atoms with E-state index in [-0.39, 0.29) is 10.5 Å². The highest BCUT2D eigenvalue weighted by Crippen LogP contribution is 2.32. The fourth-order valence-electron chi connectivity index (χ4n) is 3.07. The van der Waals surface area contributed by atoms with Gasteiger partial charge in [-0.25, -0.2) is 12.8 Å². The number of carbonyl (C=O) groups excluding carboxylic acids is 1. The molecule has 2 N–H and O–H groups in total. The Labute approximate surface area is 163 Å². The molecule has 0 radical (unpaired) electrons. The SMILES string of the molecule is CN(C(C(N)=O)c1cccc(F)c1)S(=O)(=O)c1ccccc1-c1ccccc1. The third-order valence-electron chi connectivity index (χ3n) is 4.43. The molecule has 0 saturated carbocycles. The molecule has 5 nitrogen and oxygen atoms in total. The Morgan fingerprint density at radius 2 is 1.61 bits per heavy atom. The van der Waals surface area contributed by atoms with Gasteiger partial charge in [-0.1, -0.05) is 60.7 Å². The number of carbonyl (C=O) groups is 1. The van der Waals surface area contributed by atoms with Gasteiger partial charge < -0.3 is 5.73 Å². The number of nitrogens with zero attached hydrogens (tertiary/aromatic N) is 1. The van der Waals surface area contributed by atoms with Crippen molar-refractivity contribution in [1.29, 1.82) is 0 Å². The van der Waals surface area contributed by atoms with E-state index in [9.17, 15) is 17.6 Å². The summed E-state index contributed by atoms with van der Waals surface area (Å²) in [5.74, 6) is -1.48. The van der Waals surface area contributed by atoms with Gasteiger partial charge in [0.1, 0.15) is 11.9 Å². The second-order valence-corrected chi connectivity index (χ2v) is 8.21. The van der Waals surface area contributed by atoms with Crippen molar-refractivity contribution < 1.29 is 17.6 Å². The molecule has 0 aliphatic rings. The second-order valence-electron chi connectivity index (χ2n) is 6.24. The Kier molecular flexibility index (Phi) is 5.58. The van der Waals surface area contributed by atoms with Gasteiger partial charge in [0, 0.05) is 12.6 Å². The van der Waals surface area contributed by atoms with Crippen LogP contribution >= 0.6 is 0 Å². The van der Waals surface area contributed by atoms with Crippen molar-refractivity contribution >= 4 is 15.9 Å². The molecule has 0 aliphatic carbocycles. The molecule has 0 aliphatic heterocycles. The van der Waals surface area contributed by atoms with E-state index in [0.717, 1.165) is 15.9 Å². The number of likely N-dealkylation sites (N-methyl/N-ethyl adjacent to an activating group) is 1. The van der Waals surface area contributed by atoms with Crippen LogP contribution in [-0.4, -0.2) is 25.7 Å². The minimum absolute atomic E-state index is 0.0337. The topological polar surface area (TPSA) is 80.5 Å². The minimum atomic E-state index is -4.11. The maximum absolute atomic E-state index is 13.6. The smallest absolute Gasteiger partial charge is 0.244 e. The first-order chi connectivity index (χ1) is 13.3. The summed E-state index contributed by atoms with van der Waals surface area (Å²) in [7, 11) is -2.85. The zero-order valence-corrected chi connectivity index (χ0v) is 15.9. The molecule has 7 heteroatoms. The molecule has 144 valence electrons. The average molecular weight is 398 g/mol. The summed E-state index contributed by atoms with van der Waals surface area (Å²) < 4.78 is 41.2. The first-order valence-corrected chi connectivity index (χ1v) is 9.93. The van der Waals surface area contributed by atoms with Gasteiger partial charge in [-0.2, -0.15) is 4.31 Å². The standard InChI is InChI=1S/C21H19FN2O3S/c1-24(20(21(23)25)16-10-7-11-17(22)14-16)28(26,27)19-13-6-5-12-18(19)15-8-3-2-4-9-15/h2-14,20H,1H3,(H2,23,25). The van der Waals surface area contributed by atoms with E-state index >= 15 is 0 Å². The van der Waals surface area contributed by atoms with Gasteiger partial charge in [-0.05, 0) is 29.3 Å². The number of nitrogens with two attached hydrogens (primary N) is 1. The van der Waals surface area contributed by atoms with E-state index in [1.165, 1.54) is 31.3 Å². The largest absolute Gasteiger partial charge is 0.368 e. The van der Waals surface area contributed by atoms with Crippen LogP contribution in [0.15, 0.2) is 83.8 Å². The molecule has 0 bridgehead atoms. The van der Waals surface area contributed by atoms with Crippen molar-refractivity contribution in [3.05, 3.63) is 90.2 Å². The van der Waals surface area contributed by atoms with Gasteiger partial charge in [0.15, 0.2) is 0 Å². The lowest BCUT2D eigenvalue weighted by molar-refractivity contribution is -0.121. The quantitative estimate of drug-likeness (QED) is 0.692. The van der Waals surface area contributed by atoms with Gasteiger partial charge >= 0.3 is 0 Å². The summed E-state index contributed by atoms with van der Waals surface area (Å²) in [5, 5.41) is 0. The van der Waals surface area contributed by atoms with Crippen LogP contribution in [0.2, 0.25) is 0 Å². The molecule has 0 saturated heterocycles. The Morgan fingerprint density at radius 1 is 0.964 bits per heavy atom. The Balaban J connectivity index is 2.11. The molecule has 3 rings (SSSR count). The van der Waals surface area contributed by atoms with E-state index in [0.29, 0.717) is 5.56 Å². The molecule has 1 unspecified atom stereocenters. The number of rotatable bonds is 6. The van der Waals surface area contributed by atoms with Crippen molar-refractivity contribution in [2.24, 2.45) is 5.73 Å². The lowest BCUT2D eigenvalue weighted by Gasteiger charge is -2.26. The van der Waals surface area contributed by atoms with Crippen molar-refractivity contribution in [3.8, 4) is 11.1 Å². The zero-order chi connectivity index (χ0) is 20.3. The second kappa shape index (κ2) is 7.92. The van der Waals surface area contributed by atoms with Crippen molar-refractivity contribution in [2.45, 2.75) is 10.9 Å². The Bertz CT molecular complexity index is 1100. The number of hydrogen-bond acceptors (Lipinski definition) is 3. The zero-order valence-electron chi connectivity index (χ0n) is 15.1. The lowest BCUT2D eigenvalue weighted by atomic mass is 10.1. The van der Waals surface area contributed by atoms with Crippen LogP contribution in [0.3, 0.4) is 0 Å². The van der Waals surface area contributed by atoms with Crippen LogP contribution in [0.5, 0.6) is 0 Å². The number of primary amides is 1. The molecule has 3 aromatic carbocycles. The maximum Gasteiger partial charge on any atom is 0.244 e. The predicted molar refractivity (Wildman–Crippen MR) is 105 cm³/mol. The Hall–Kier alpha value is -3.03. The van der Waals surface area contributed by atoms with Crippen molar-refractivity contribution in [1.82, 2.24) is 4.31 Å². The average Bonchev–Trinajstić information content (AvgIpc) is 2.68. The monoisotopic (exact) mass is 398 g/mol. The van der Waals surface area contributed by atoms with Gasteiger partial charge in [-0.15, -0.1) is 0 Å². The third-order valence-corrected chi connectivity index (χ3v) is 6.31. The molecule has 0 heterocycles. The van der Waals surface area contributed by atoms with Crippen LogP contribution in [-0.2, 0) is 14.8 Å². The fourth-order valence-corrected chi connectivity index (χ4v) is 4.60. The molecule has 0 fully saturated rings. The maximum atomic E-state index is 13.6. The van der Waals surface area contributed by atoms with Crippen LogP contribution in [0.4, 0.5) is 4.39 Å². The first-order valence-electron chi connectivity index (χ1n) is 8.49. The van der Waals surface area contributed by atoms with E-state index in [1.54, 1.807) is 42.5 Å². The lowest BCUT2D eigenvalue weighted by Crippen LogP contribution is -2.39. The summed E-state index contributed by atoms with van der Waals surface area (Å²) in [6, 6.07) is 19.4. The van der Waals surface area contributed by atoms with Crippen LogP contribution in [0.1, 0.15) is 11.6 Å². The summed E-state index contributed by atoms with van der Waals surface area (Å²) in [5.41, 5.74) is 6.86. The number of hydrogen-bond donors (Lipinski definition) is 1. The van der Waals surface area contributed by atoms with E-state index in [1.807, 2.05) is 6.07 Å². The number of benzene rings is 3. The van der Waals surface area contributed by atoms with E-state index < -0.39 is 27.8 Å².